The summed E-state index contributed by atoms with van der Waals surface area (Å²) in [6.07, 6.45) is 4.54. The average molecular weight is 400 g/mol. The number of hydrogen-bond donors (Lipinski definition) is 0. The van der Waals surface area contributed by atoms with Gasteiger partial charge in [-0.1, -0.05) is 12.8 Å². The van der Waals surface area contributed by atoms with Gasteiger partial charge in [0.15, 0.2) is 11.5 Å². The van der Waals surface area contributed by atoms with E-state index in [2.05, 4.69) is 0 Å². The lowest BCUT2D eigenvalue weighted by atomic mass is 9.81. The van der Waals surface area contributed by atoms with Gasteiger partial charge in [0.2, 0.25) is 17.7 Å². The lowest BCUT2D eigenvalue weighted by molar-refractivity contribution is -0.141. The highest BCUT2D eigenvalue weighted by atomic mass is 16.5. The molecule has 2 fully saturated rings. The number of likely N-dealkylation sites (tertiary alicyclic amines) is 1. The van der Waals surface area contributed by atoms with E-state index >= 15 is 0 Å². The fourth-order valence-electron chi connectivity index (χ4n) is 4.91. The van der Waals surface area contributed by atoms with E-state index in [0.29, 0.717) is 24.6 Å². The lowest BCUT2D eigenvalue weighted by Gasteiger charge is -2.30. The van der Waals surface area contributed by atoms with Gasteiger partial charge < -0.3 is 14.4 Å². The van der Waals surface area contributed by atoms with Gasteiger partial charge >= 0.3 is 0 Å². The summed E-state index contributed by atoms with van der Waals surface area (Å²) in [5.74, 6) is 0.851. The molecule has 3 amide bonds. The number of methoxy groups -OCH3 is 2. The first-order valence-electron chi connectivity index (χ1n) is 10.4. The molecule has 1 aromatic carbocycles. The monoisotopic (exact) mass is 400 g/mol. The van der Waals surface area contributed by atoms with Gasteiger partial charge in [-0.05, 0) is 42.5 Å². The molecule has 0 bridgehead atoms. The number of benzene rings is 1. The summed E-state index contributed by atoms with van der Waals surface area (Å²) in [6.45, 7) is 1.31. The molecule has 0 N–H and O–H groups in total. The van der Waals surface area contributed by atoms with Crippen molar-refractivity contribution in [2.45, 2.75) is 45.1 Å². The highest BCUT2D eigenvalue weighted by Gasteiger charge is 2.47. The second kappa shape index (κ2) is 8.05. The number of carbonyl (C=O) groups excluding carboxylic acids is 3. The second-order valence-electron chi connectivity index (χ2n) is 8.12. The molecule has 1 saturated heterocycles. The number of carbonyl (C=O) groups is 3. The molecule has 2 atom stereocenters. The van der Waals surface area contributed by atoms with Crippen LogP contribution in [0.3, 0.4) is 0 Å². The molecule has 2 aliphatic heterocycles. The Morgan fingerprint density at radius 1 is 1.00 bits per heavy atom. The minimum atomic E-state index is -0.157. The minimum Gasteiger partial charge on any atom is -0.493 e. The Morgan fingerprint density at radius 2 is 1.59 bits per heavy atom. The van der Waals surface area contributed by atoms with E-state index in [1.807, 2.05) is 12.1 Å². The van der Waals surface area contributed by atoms with Crippen LogP contribution in [0.2, 0.25) is 0 Å². The fraction of sp³-hybridized carbons (Fsp3) is 0.591. The fourth-order valence-corrected chi connectivity index (χ4v) is 4.91. The van der Waals surface area contributed by atoms with Crippen LogP contribution >= 0.6 is 0 Å². The van der Waals surface area contributed by atoms with Crippen molar-refractivity contribution in [2.75, 3.05) is 27.3 Å². The Balaban J connectivity index is 1.39. The summed E-state index contributed by atoms with van der Waals surface area (Å²) >= 11 is 0. The first kappa shape index (κ1) is 19.7. The van der Waals surface area contributed by atoms with Crippen molar-refractivity contribution in [3.05, 3.63) is 23.3 Å². The lowest BCUT2D eigenvalue weighted by Crippen LogP contribution is -2.39. The largest absolute Gasteiger partial charge is 0.493 e. The summed E-state index contributed by atoms with van der Waals surface area (Å²) in [5.41, 5.74) is 2.20. The first-order valence-corrected chi connectivity index (χ1v) is 10.4. The van der Waals surface area contributed by atoms with Crippen molar-refractivity contribution in [2.24, 2.45) is 11.8 Å². The second-order valence-corrected chi connectivity index (χ2v) is 8.12. The van der Waals surface area contributed by atoms with Gasteiger partial charge in [-0.15, -0.1) is 0 Å². The molecule has 29 heavy (non-hydrogen) atoms. The number of rotatable bonds is 5. The molecule has 1 saturated carbocycles. The van der Waals surface area contributed by atoms with Crippen LogP contribution in [0.1, 0.15) is 43.2 Å². The zero-order chi connectivity index (χ0) is 20.5. The predicted molar refractivity (Wildman–Crippen MR) is 105 cm³/mol. The van der Waals surface area contributed by atoms with Crippen molar-refractivity contribution in [3.8, 4) is 11.5 Å². The smallest absolute Gasteiger partial charge is 0.233 e. The molecule has 4 rings (SSSR count). The molecule has 0 aromatic heterocycles. The Kier molecular flexibility index (Phi) is 5.48. The van der Waals surface area contributed by atoms with Crippen LogP contribution in [0.5, 0.6) is 11.5 Å². The van der Waals surface area contributed by atoms with Gasteiger partial charge in [-0.25, -0.2) is 0 Å². The molecule has 7 nitrogen and oxygen atoms in total. The molecule has 0 unspecified atom stereocenters. The first-order chi connectivity index (χ1) is 14.0. The standard InChI is InChI=1S/C22H28N2O5/c1-28-18-11-14-7-9-23(13-15(14)12-19(18)29-2)20(25)8-10-24-21(26)16-5-3-4-6-17(16)22(24)27/h11-12,16-17H,3-10,13H2,1-2H3/t16-,17-/m1/s1. The maximum atomic E-state index is 12.8. The molecule has 7 heteroatoms. The van der Waals surface area contributed by atoms with Gasteiger partial charge in [-0.2, -0.15) is 0 Å². The van der Waals surface area contributed by atoms with Crippen LogP contribution in [0, 0.1) is 11.8 Å². The van der Waals surface area contributed by atoms with Crippen LogP contribution in [0.15, 0.2) is 12.1 Å². The third kappa shape index (κ3) is 3.58. The maximum Gasteiger partial charge on any atom is 0.233 e. The van der Waals surface area contributed by atoms with E-state index in [1.165, 1.54) is 4.90 Å². The van der Waals surface area contributed by atoms with Crippen molar-refractivity contribution >= 4 is 17.7 Å². The Labute approximate surface area is 170 Å². The number of amides is 3. The zero-order valence-electron chi connectivity index (χ0n) is 17.1. The highest BCUT2D eigenvalue weighted by molar-refractivity contribution is 6.05. The zero-order valence-corrected chi connectivity index (χ0v) is 17.1. The van der Waals surface area contributed by atoms with E-state index in [1.54, 1.807) is 19.1 Å². The van der Waals surface area contributed by atoms with E-state index in [9.17, 15) is 14.4 Å². The molecule has 156 valence electrons. The van der Waals surface area contributed by atoms with Gasteiger partial charge in [-0.3, -0.25) is 19.3 Å². The van der Waals surface area contributed by atoms with Crippen LogP contribution in [-0.4, -0.2) is 54.8 Å². The van der Waals surface area contributed by atoms with Crippen molar-refractivity contribution < 1.29 is 23.9 Å². The quantitative estimate of drug-likeness (QED) is 0.708. The Hall–Kier alpha value is -2.57. The van der Waals surface area contributed by atoms with E-state index in [0.717, 1.165) is 43.2 Å². The van der Waals surface area contributed by atoms with Crippen LogP contribution in [-0.2, 0) is 27.3 Å². The number of nitrogens with zero attached hydrogens (tertiary/aromatic N) is 2. The van der Waals surface area contributed by atoms with Gasteiger partial charge in [0.1, 0.15) is 0 Å². The molecular weight excluding hydrogens is 372 g/mol. The van der Waals surface area contributed by atoms with E-state index in [-0.39, 0.29) is 42.5 Å². The van der Waals surface area contributed by atoms with Crippen LogP contribution < -0.4 is 9.47 Å². The van der Waals surface area contributed by atoms with E-state index in [4.69, 9.17) is 9.47 Å². The highest BCUT2D eigenvalue weighted by Crippen LogP contribution is 2.38. The summed E-state index contributed by atoms with van der Waals surface area (Å²) in [6, 6.07) is 3.89. The summed E-state index contributed by atoms with van der Waals surface area (Å²) in [7, 11) is 3.21. The van der Waals surface area contributed by atoms with Gasteiger partial charge in [0.05, 0.1) is 26.1 Å². The molecule has 3 aliphatic rings. The summed E-state index contributed by atoms with van der Waals surface area (Å²) in [5, 5.41) is 0. The Bertz CT molecular complexity index is 813. The molecule has 2 heterocycles. The van der Waals surface area contributed by atoms with Gasteiger partial charge in [0, 0.05) is 26.1 Å². The number of fused-ring (bicyclic) bond motifs is 2. The maximum absolute atomic E-state index is 12.8. The normalized spacial score (nSPS) is 23.7. The number of hydrogen-bond acceptors (Lipinski definition) is 5. The van der Waals surface area contributed by atoms with E-state index < -0.39 is 0 Å². The number of ether oxygens (including phenoxy) is 2. The molecule has 0 spiro atoms. The predicted octanol–water partition coefficient (Wildman–Crippen LogP) is 2.15. The third-order valence-corrected chi connectivity index (χ3v) is 6.55. The van der Waals surface area contributed by atoms with Crippen molar-refractivity contribution in [3.63, 3.8) is 0 Å². The molecular formula is C22H28N2O5. The SMILES string of the molecule is COc1cc2c(cc1OC)CN(C(=O)CCN1C(=O)[C@@H]3CCCC[C@H]3C1=O)CC2. The topological polar surface area (TPSA) is 76.2 Å². The van der Waals surface area contributed by atoms with Crippen molar-refractivity contribution in [1.82, 2.24) is 9.80 Å². The molecule has 1 aliphatic carbocycles. The average Bonchev–Trinajstić information content (AvgIpc) is 3.00. The molecule has 0 radical (unpaired) electrons. The summed E-state index contributed by atoms with van der Waals surface area (Å²) in [4.78, 5) is 41.1. The minimum absolute atomic E-state index is 0.0269. The molecule has 1 aromatic rings. The third-order valence-electron chi connectivity index (χ3n) is 6.55. The summed E-state index contributed by atoms with van der Waals surface area (Å²) < 4.78 is 10.7. The Morgan fingerprint density at radius 3 is 2.17 bits per heavy atom. The van der Waals surface area contributed by atoms with Gasteiger partial charge in [0.25, 0.3) is 0 Å². The van der Waals surface area contributed by atoms with Crippen LogP contribution in [0.25, 0.3) is 0 Å². The van der Waals surface area contributed by atoms with Crippen LogP contribution in [0.4, 0.5) is 0 Å². The van der Waals surface area contributed by atoms with Crippen molar-refractivity contribution in [1.29, 1.82) is 0 Å². The number of imide groups is 1.